The van der Waals surface area contributed by atoms with E-state index in [2.05, 4.69) is 20.1 Å². The fourth-order valence-electron chi connectivity index (χ4n) is 5.42. The van der Waals surface area contributed by atoms with Gasteiger partial charge in [0.2, 0.25) is 5.82 Å². The van der Waals surface area contributed by atoms with E-state index in [-0.39, 0.29) is 0 Å². The number of fused-ring (bicyclic) bond motifs is 2. The van der Waals surface area contributed by atoms with Crippen LogP contribution in [0.4, 0.5) is 13.2 Å². The van der Waals surface area contributed by atoms with Gasteiger partial charge in [-0.2, -0.15) is 13.2 Å². The Bertz CT molecular complexity index is 1110. The first kappa shape index (κ1) is 23.4. The monoisotopic (exact) mass is 491 g/mol. The average molecular weight is 492 g/mol. The average Bonchev–Trinajstić information content (AvgIpc) is 3.45. The Morgan fingerprint density at radius 2 is 1.79 bits per heavy atom. The number of hydrogen-bond acceptors (Lipinski definition) is 6. The summed E-state index contributed by atoms with van der Waals surface area (Å²) in [6, 6.07) is 6.84. The molecule has 2 aliphatic rings. The molecule has 6 nitrogen and oxygen atoms in total. The highest BCUT2D eigenvalue weighted by molar-refractivity contribution is 7.99. The van der Waals surface area contributed by atoms with Crippen LogP contribution in [0.25, 0.3) is 11.6 Å². The first-order valence-corrected chi connectivity index (χ1v) is 12.7. The molecule has 34 heavy (non-hydrogen) atoms. The number of hydrogen-bond donors (Lipinski definition) is 0. The van der Waals surface area contributed by atoms with E-state index in [1.54, 1.807) is 23.9 Å². The van der Waals surface area contributed by atoms with Gasteiger partial charge in [0.1, 0.15) is 0 Å². The summed E-state index contributed by atoms with van der Waals surface area (Å²) in [5.74, 6) is 2.62. The Hall–Kier alpha value is -2.33. The van der Waals surface area contributed by atoms with Crippen molar-refractivity contribution in [3.63, 3.8) is 0 Å². The summed E-state index contributed by atoms with van der Waals surface area (Å²) < 4.78 is 46.0. The van der Waals surface area contributed by atoms with Crippen molar-refractivity contribution in [2.45, 2.75) is 68.4 Å². The molecular formula is C24H28F3N5OS. The first-order chi connectivity index (χ1) is 16.3. The van der Waals surface area contributed by atoms with Crippen molar-refractivity contribution in [3.05, 3.63) is 47.5 Å². The highest BCUT2D eigenvalue weighted by atomic mass is 32.2. The van der Waals surface area contributed by atoms with Crippen LogP contribution in [0.2, 0.25) is 0 Å². The van der Waals surface area contributed by atoms with Crippen LogP contribution >= 0.6 is 11.8 Å². The minimum Gasteiger partial charge on any atom is -0.440 e. The maximum atomic E-state index is 12.9. The molecular weight excluding hydrogens is 463 g/mol. The van der Waals surface area contributed by atoms with E-state index in [0.717, 1.165) is 48.0 Å². The Labute approximate surface area is 200 Å². The highest BCUT2D eigenvalue weighted by Gasteiger charge is 2.40. The van der Waals surface area contributed by atoms with Crippen LogP contribution in [0.1, 0.15) is 54.8 Å². The van der Waals surface area contributed by atoms with E-state index >= 15 is 0 Å². The number of halogens is 3. The zero-order chi connectivity index (χ0) is 23.9. The molecule has 2 aliphatic heterocycles. The lowest BCUT2D eigenvalue weighted by molar-refractivity contribution is -0.137. The molecule has 1 aromatic carbocycles. The molecule has 182 valence electrons. The van der Waals surface area contributed by atoms with Gasteiger partial charge in [-0.1, -0.05) is 23.9 Å². The van der Waals surface area contributed by atoms with Crippen LogP contribution < -0.4 is 0 Å². The molecule has 2 fully saturated rings. The Kier molecular flexibility index (Phi) is 6.45. The molecule has 0 radical (unpaired) electrons. The van der Waals surface area contributed by atoms with Gasteiger partial charge in [0, 0.05) is 24.9 Å². The molecule has 0 saturated carbocycles. The van der Waals surface area contributed by atoms with Crippen LogP contribution in [0.5, 0.6) is 0 Å². The van der Waals surface area contributed by atoms with Crippen LogP contribution in [-0.4, -0.2) is 49.0 Å². The van der Waals surface area contributed by atoms with E-state index in [9.17, 15) is 13.2 Å². The van der Waals surface area contributed by atoms with E-state index in [1.165, 1.54) is 31.4 Å². The number of benzene rings is 1. The van der Waals surface area contributed by atoms with Crippen LogP contribution in [-0.2, 0) is 13.2 Å². The van der Waals surface area contributed by atoms with Crippen molar-refractivity contribution >= 4 is 11.8 Å². The van der Waals surface area contributed by atoms with Gasteiger partial charge >= 0.3 is 6.18 Å². The largest absolute Gasteiger partial charge is 0.440 e. The van der Waals surface area contributed by atoms with Crippen molar-refractivity contribution in [1.82, 2.24) is 24.6 Å². The summed E-state index contributed by atoms with van der Waals surface area (Å²) in [7, 11) is 1.94. The van der Waals surface area contributed by atoms with Crippen molar-refractivity contribution in [1.29, 1.82) is 0 Å². The third-order valence-corrected chi connectivity index (χ3v) is 8.28. The van der Waals surface area contributed by atoms with E-state index < -0.39 is 11.7 Å². The lowest BCUT2D eigenvalue weighted by atomic mass is 9.84. The second kappa shape index (κ2) is 9.37. The second-order valence-corrected chi connectivity index (χ2v) is 10.3. The lowest BCUT2D eigenvalue weighted by Crippen LogP contribution is -2.42. The van der Waals surface area contributed by atoms with Gasteiger partial charge in [0.25, 0.3) is 0 Å². The fourth-order valence-corrected chi connectivity index (χ4v) is 6.26. The molecule has 0 spiro atoms. The molecule has 2 bridgehead atoms. The molecule has 5 rings (SSSR count). The third kappa shape index (κ3) is 4.62. The molecule has 10 heteroatoms. The summed E-state index contributed by atoms with van der Waals surface area (Å²) in [5, 5.41) is 9.43. The van der Waals surface area contributed by atoms with E-state index in [4.69, 9.17) is 4.42 Å². The van der Waals surface area contributed by atoms with E-state index in [0.29, 0.717) is 29.6 Å². The van der Waals surface area contributed by atoms with Crippen molar-refractivity contribution in [2.24, 2.45) is 7.05 Å². The van der Waals surface area contributed by atoms with Gasteiger partial charge in [0.15, 0.2) is 17.3 Å². The molecule has 2 aromatic heterocycles. The Balaban J connectivity index is 1.13. The number of oxazole rings is 1. The Morgan fingerprint density at radius 1 is 1.09 bits per heavy atom. The number of piperidine rings is 1. The van der Waals surface area contributed by atoms with Gasteiger partial charge in [-0.3, -0.25) is 4.90 Å². The number of thioether (sulfide) groups is 1. The van der Waals surface area contributed by atoms with Crippen LogP contribution in [0.3, 0.4) is 0 Å². The summed E-state index contributed by atoms with van der Waals surface area (Å²) in [4.78, 5) is 6.75. The topological polar surface area (TPSA) is 60.0 Å². The summed E-state index contributed by atoms with van der Waals surface area (Å²) in [5.41, 5.74) is 1.27. The Morgan fingerprint density at radius 3 is 2.41 bits per heavy atom. The molecule has 0 amide bonds. The minimum atomic E-state index is -4.28. The smallest absolute Gasteiger partial charge is 0.416 e. The highest BCUT2D eigenvalue weighted by Crippen LogP contribution is 2.43. The van der Waals surface area contributed by atoms with Gasteiger partial charge in [-0.15, -0.1) is 10.2 Å². The standard InChI is InChI=1S/C24H28F3N5OS/c1-15-21(33-14-28-15)22-29-30-23(31(22)2)34-11-3-10-32-19-8-9-20(32)13-17(12-19)16-4-6-18(7-5-16)24(25,26)27/h4-7,14,17,19-20H,3,8-13H2,1-2H3/t17?,19-,20+. The molecule has 3 atom stereocenters. The van der Waals surface area contributed by atoms with Crippen molar-refractivity contribution < 1.29 is 17.6 Å². The SMILES string of the molecule is Cc1ncoc1-c1nnc(SCCCN2[C@@H]3CC[C@H]2CC(c2ccc(C(F)(F)F)cc2)C3)n1C. The van der Waals surface area contributed by atoms with Crippen LogP contribution in [0, 0.1) is 6.92 Å². The van der Waals surface area contributed by atoms with Gasteiger partial charge < -0.3 is 8.98 Å². The van der Waals surface area contributed by atoms with Gasteiger partial charge in [-0.05, 0) is 69.2 Å². The second-order valence-electron chi connectivity index (χ2n) is 9.25. The predicted molar refractivity (Wildman–Crippen MR) is 124 cm³/mol. The van der Waals surface area contributed by atoms with Gasteiger partial charge in [-0.25, -0.2) is 4.98 Å². The maximum absolute atomic E-state index is 12.9. The van der Waals surface area contributed by atoms with Crippen molar-refractivity contribution in [2.75, 3.05) is 12.3 Å². The number of alkyl halides is 3. The molecule has 0 N–H and O–H groups in total. The number of nitrogens with zero attached hydrogens (tertiary/aromatic N) is 5. The zero-order valence-electron chi connectivity index (χ0n) is 19.3. The molecule has 4 heterocycles. The van der Waals surface area contributed by atoms with Crippen molar-refractivity contribution in [3.8, 4) is 11.6 Å². The van der Waals surface area contributed by atoms with Gasteiger partial charge in [0.05, 0.1) is 11.3 Å². The predicted octanol–water partition coefficient (Wildman–Crippen LogP) is 5.69. The zero-order valence-corrected chi connectivity index (χ0v) is 20.1. The summed E-state index contributed by atoms with van der Waals surface area (Å²) in [6.45, 7) is 2.92. The number of aromatic nitrogens is 4. The molecule has 2 saturated heterocycles. The molecule has 1 unspecified atom stereocenters. The lowest BCUT2D eigenvalue weighted by Gasteiger charge is -2.39. The molecule has 3 aromatic rings. The third-order valence-electron chi connectivity index (χ3n) is 7.17. The van der Waals surface area contributed by atoms with Crippen LogP contribution in [0.15, 0.2) is 40.2 Å². The number of aryl methyl sites for hydroxylation is 1. The summed E-state index contributed by atoms with van der Waals surface area (Å²) >= 11 is 1.69. The quantitative estimate of drug-likeness (QED) is 0.313. The number of rotatable bonds is 7. The maximum Gasteiger partial charge on any atom is 0.416 e. The van der Waals surface area contributed by atoms with E-state index in [1.807, 2.05) is 18.5 Å². The first-order valence-electron chi connectivity index (χ1n) is 11.7. The molecule has 0 aliphatic carbocycles. The summed E-state index contributed by atoms with van der Waals surface area (Å²) in [6.07, 6.45) is 2.60. The normalized spacial score (nSPS) is 23.0. The fraction of sp³-hybridized carbons (Fsp3) is 0.542. The minimum absolute atomic E-state index is 0.349.